The number of piperidine rings is 1. The molecule has 1 aliphatic rings. The van der Waals surface area contributed by atoms with Crippen molar-refractivity contribution in [2.24, 2.45) is 0 Å². The van der Waals surface area contributed by atoms with Gasteiger partial charge in [-0.25, -0.2) is 8.42 Å². The summed E-state index contributed by atoms with van der Waals surface area (Å²) >= 11 is 0. The van der Waals surface area contributed by atoms with Crippen molar-refractivity contribution in [2.45, 2.75) is 32.1 Å². The number of nitro groups is 1. The molecule has 1 aliphatic heterocycles. The van der Waals surface area contributed by atoms with Gasteiger partial charge in [0.15, 0.2) is 0 Å². The number of nitrogens with one attached hydrogen (secondary N) is 1. The number of hydrogen-bond donors (Lipinski definition) is 1. The minimum atomic E-state index is -3.66. The van der Waals surface area contributed by atoms with Crippen LogP contribution in [0.25, 0.3) is 0 Å². The first-order chi connectivity index (χ1) is 15.2. The third-order valence-corrected chi connectivity index (χ3v) is 6.56. The number of carbonyl (C=O) groups is 1. The summed E-state index contributed by atoms with van der Waals surface area (Å²) in [5.41, 5.74) is 1.84. The van der Waals surface area contributed by atoms with Gasteiger partial charge in [-0.1, -0.05) is 6.07 Å². The van der Waals surface area contributed by atoms with Crippen LogP contribution in [0.5, 0.6) is 0 Å². The van der Waals surface area contributed by atoms with Gasteiger partial charge in [0.1, 0.15) is 0 Å². The van der Waals surface area contributed by atoms with Gasteiger partial charge in [-0.15, -0.1) is 0 Å². The summed E-state index contributed by atoms with van der Waals surface area (Å²) < 4.78 is 25.5. The first kappa shape index (κ1) is 23.5. The molecule has 32 heavy (non-hydrogen) atoms. The minimum absolute atomic E-state index is 0.0430. The van der Waals surface area contributed by atoms with Crippen LogP contribution in [0.15, 0.2) is 48.5 Å². The summed E-state index contributed by atoms with van der Waals surface area (Å²) in [7, 11) is -3.66. The van der Waals surface area contributed by atoms with Crippen molar-refractivity contribution >= 4 is 38.7 Å². The molecule has 0 bridgehead atoms. The highest BCUT2D eigenvalue weighted by Gasteiger charge is 2.20. The van der Waals surface area contributed by atoms with E-state index in [2.05, 4.69) is 10.2 Å². The highest BCUT2D eigenvalue weighted by molar-refractivity contribution is 7.92. The molecule has 0 atom stereocenters. The number of non-ortho nitro benzene ring substituents is 1. The van der Waals surface area contributed by atoms with Crippen molar-refractivity contribution in [3.8, 4) is 0 Å². The lowest BCUT2D eigenvalue weighted by Crippen LogP contribution is -2.31. The smallest absolute Gasteiger partial charge is 0.271 e. The van der Waals surface area contributed by atoms with Gasteiger partial charge in [-0.3, -0.25) is 19.2 Å². The van der Waals surface area contributed by atoms with E-state index in [0.29, 0.717) is 5.69 Å². The van der Waals surface area contributed by atoms with Gasteiger partial charge >= 0.3 is 0 Å². The Bertz CT molecular complexity index is 1050. The molecule has 1 N–H and O–H groups in total. The van der Waals surface area contributed by atoms with Crippen molar-refractivity contribution in [3.63, 3.8) is 0 Å². The van der Waals surface area contributed by atoms with Gasteiger partial charge in [0, 0.05) is 49.6 Å². The molecule has 172 valence electrons. The average molecular weight is 461 g/mol. The molecule has 1 saturated heterocycles. The summed E-state index contributed by atoms with van der Waals surface area (Å²) in [6.07, 6.45) is 5.08. The van der Waals surface area contributed by atoms with Crippen LogP contribution < -0.4 is 14.5 Å². The van der Waals surface area contributed by atoms with Gasteiger partial charge in [-0.2, -0.15) is 0 Å². The topological polar surface area (TPSA) is 113 Å². The van der Waals surface area contributed by atoms with Crippen LogP contribution in [0.4, 0.5) is 22.7 Å². The lowest BCUT2D eigenvalue weighted by atomic mass is 10.1. The number of anilines is 3. The predicted octanol–water partition coefficient (Wildman–Crippen LogP) is 3.77. The fourth-order valence-corrected chi connectivity index (χ4v) is 4.72. The molecule has 0 spiro atoms. The number of amides is 1. The zero-order valence-electron chi connectivity index (χ0n) is 18.1. The van der Waals surface area contributed by atoms with E-state index in [0.717, 1.165) is 29.3 Å². The lowest BCUT2D eigenvalue weighted by molar-refractivity contribution is -0.384. The summed E-state index contributed by atoms with van der Waals surface area (Å²) in [4.78, 5) is 25.1. The Labute approximate surface area is 188 Å². The van der Waals surface area contributed by atoms with Crippen LogP contribution in [0.3, 0.4) is 0 Å². The first-order valence-corrected chi connectivity index (χ1v) is 12.5. The van der Waals surface area contributed by atoms with Gasteiger partial charge in [-0.05, 0) is 56.0 Å². The molecular weight excluding hydrogens is 432 g/mol. The fourth-order valence-electron chi connectivity index (χ4n) is 3.76. The molecule has 0 saturated carbocycles. The summed E-state index contributed by atoms with van der Waals surface area (Å²) in [5.74, 6) is -0.219. The van der Waals surface area contributed by atoms with Crippen LogP contribution in [-0.4, -0.2) is 45.1 Å². The standard InChI is InChI=1S/C22H28N4O5S/c1-32(30,31)25(20-7-5-8-21(17-20)26(28)29)16-6-9-22(27)23-18-10-12-19(13-11-18)24-14-3-2-4-15-24/h5,7-8,10-13,17H,2-4,6,9,14-16H2,1H3,(H,23,27). The number of benzene rings is 2. The van der Waals surface area contributed by atoms with E-state index in [9.17, 15) is 23.3 Å². The number of carbonyl (C=O) groups excluding carboxylic acids is 1. The Balaban J connectivity index is 1.55. The van der Waals surface area contributed by atoms with Crippen molar-refractivity contribution in [1.29, 1.82) is 0 Å². The predicted molar refractivity (Wildman–Crippen MR) is 126 cm³/mol. The van der Waals surface area contributed by atoms with Gasteiger partial charge < -0.3 is 10.2 Å². The molecular formula is C22H28N4O5S. The first-order valence-electron chi connectivity index (χ1n) is 10.6. The molecule has 0 aromatic heterocycles. The fraction of sp³-hybridized carbons (Fsp3) is 0.409. The van der Waals surface area contributed by atoms with Crippen LogP contribution in [0, 0.1) is 10.1 Å². The Morgan fingerprint density at radius 3 is 2.44 bits per heavy atom. The zero-order chi connectivity index (χ0) is 23.1. The second kappa shape index (κ2) is 10.4. The van der Waals surface area contributed by atoms with Gasteiger partial charge in [0.2, 0.25) is 15.9 Å². The summed E-state index contributed by atoms with van der Waals surface area (Å²) in [6.45, 7) is 2.14. The van der Waals surface area contributed by atoms with E-state index in [1.54, 1.807) is 0 Å². The minimum Gasteiger partial charge on any atom is -0.372 e. The van der Waals surface area contributed by atoms with E-state index in [-0.39, 0.29) is 36.7 Å². The maximum atomic E-state index is 12.3. The maximum absolute atomic E-state index is 12.3. The second-order valence-corrected chi connectivity index (χ2v) is 9.77. The van der Waals surface area contributed by atoms with Crippen molar-refractivity contribution in [2.75, 3.05) is 40.4 Å². The van der Waals surface area contributed by atoms with Crippen molar-refractivity contribution < 1.29 is 18.1 Å². The number of hydrogen-bond acceptors (Lipinski definition) is 6. The third kappa shape index (κ3) is 6.43. The summed E-state index contributed by atoms with van der Waals surface area (Å²) in [5, 5.41) is 13.8. The number of nitro benzene ring substituents is 1. The van der Waals surface area contributed by atoms with E-state index in [1.807, 2.05) is 24.3 Å². The summed E-state index contributed by atoms with van der Waals surface area (Å²) in [6, 6.07) is 13.2. The van der Waals surface area contributed by atoms with Crippen LogP contribution >= 0.6 is 0 Å². The quantitative estimate of drug-likeness (QED) is 0.450. The Morgan fingerprint density at radius 2 is 1.81 bits per heavy atom. The van der Waals surface area contributed by atoms with Crippen molar-refractivity contribution in [1.82, 2.24) is 0 Å². The monoisotopic (exact) mass is 460 g/mol. The van der Waals surface area contributed by atoms with E-state index >= 15 is 0 Å². The number of nitrogens with zero attached hydrogens (tertiary/aromatic N) is 3. The average Bonchev–Trinajstić information content (AvgIpc) is 2.77. The van der Waals surface area contributed by atoms with Crippen LogP contribution in [-0.2, 0) is 14.8 Å². The van der Waals surface area contributed by atoms with Crippen LogP contribution in [0.2, 0.25) is 0 Å². The van der Waals surface area contributed by atoms with E-state index < -0.39 is 14.9 Å². The molecule has 10 heteroatoms. The molecule has 0 unspecified atom stereocenters. The second-order valence-electron chi connectivity index (χ2n) is 7.86. The molecule has 1 fully saturated rings. The SMILES string of the molecule is CS(=O)(=O)N(CCCC(=O)Nc1ccc(N2CCCCC2)cc1)c1cccc([N+](=O)[O-])c1. The van der Waals surface area contributed by atoms with Gasteiger partial charge in [0.05, 0.1) is 16.9 Å². The van der Waals surface area contributed by atoms with E-state index in [4.69, 9.17) is 0 Å². The van der Waals surface area contributed by atoms with Gasteiger partial charge in [0.25, 0.3) is 5.69 Å². The van der Waals surface area contributed by atoms with E-state index in [1.165, 1.54) is 43.5 Å². The zero-order valence-corrected chi connectivity index (χ0v) is 18.9. The Kier molecular flexibility index (Phi) is 7.68. The molecule has 3 rings (SSSR count). The molecule has 2 aromatic carbocycles. The van der Waals surface area contributed by atoms with Crippen LogP contribution in [0.1, 0.15) is 32.1 Å². The molecule has 9 nitrogen and oxygen atoms in total. The largest absolute Gasteiger partial charge is 0.372 e. The normalized spacial score (nSPS) is 14.1. The molecule has 2 aromatic rings. The Hall–Kier alpha value is -3.14. The molecule has 0 aliphatic carbocycles. The lowest BCUT2D eigenvalue weighted by Gasteiger charge is -2.28. The highest BCUT2D eigenvalue weighted by Crippen LogP contribution is 2.24. The third-order valence-electron chi connectivity index (χ3n) is 5.37. The maximum Gasteiger partial charge on any atom is 0.271 e. The highest BCUT2D eigenvalue weighted by atomic mass is 32.2. The number of sulfonamides is 1. The Morgan fingerprint density at radius 1 is 1.12 bits per heavy atom. The molecule has 1 heterocycles. The number of rotatable bonds is 9. The molecule has 0 radical (unpaired) electrons. The molecule has 1 amide bonds. The van der Waals surface area contributed by atoms with Crippen molar-refractivity contribution in [3.05, 3.63) is 58.6 Å².